The van der Waals surface area contributed by atoms with E-state index in [0.717, 1.165) is 24.7 Å². The lowest BCUT2D eigenvalue weighted by atomic mass is 9.99. The molecule has 1 aliphatic rings. The molecule has 1 aliphatic heterocycles. The van der Waals surface area contributed by atoms with Gasteiger partial charge in [-0.15, -0.1) is 0 Å². The Hall–Kier alpha value is -1.16. The second-order valence-corrected chi connectivity index (χ2v) is 5.53. The minimum absolute atomic E-state index is 0.197. The molecule has 1 saturated heterocycles. The Morgan fingerprint density at radius 1 is 1.29 bits per heavy atom. The van der Waals surface area contributed by atoms with Crippen molar-refractivity contribution in [1.82, 2.24) is 15.3 Å². The van der Waals surface area contributed by atoms with Gasteiger partial charge in [0.2, 0.25) is 0 Å². The SMILES string of the molecule is CC(C)(C)Oc1cnc(C2CCCNC2)nc1. The Morgan fingerprint density at radius 3 is 2.53 bits per heavy atom. The zero-order valence-corrected chi connectivity index (χ0v) is 10.9. The van der Waals surface area contributed by atoms with Gasteiger partial charge in [-0.3, -0.25) is 0 Å². The van der Waals surface area contributed by atoms with Crippen LogP contribution >= 0.6 is 0 Å². The molecule has 4 heteroatoms. The summed E-state index contributed by atoms with van der Waals surface area (Å²) in [5.74, 6) is 2.12. The van der Waals surface area contributed by atoms with Crippen LogP contribution < -0.4 is 10.1 Å². The quantitative estimate of drug-likeness (QED) is 0.853. The van der Waals surface area contributed by atoms with Crippen LogP contribution in [-0.4, -0.2) is 28.7 Å². The first-order chi connectivity index (χ1) is 8.04. The van der Waals surface area contributed by atoms with Gasteiger partial charge in [-0.25, -0.2) is 9.97 Å². The molecular weight excluding hydrogens is 214 g/mol. The van der Waals surface area contributed by atoms with Crippen LogP contribution in [0.2, 0.25) is 0 Å². The van der Waals surface area contributed by atoms with Crippen molar-refractivity contribution in [1.29, 1.82) is 0 Å². The van der Waals surface area contributed by atoms with E-state index in [-0.39, 0.29) is 5.60 Å². The third kappa shape index (κ3) is 3.66. The van der Waals surface area contributed by atoms with E-state index in [1.807, 2.05) is 20.8 Å². The van der Waals surface area contributed by atoms with Crippen molar-refractivity contribution in [2.45, 2.75) is 45.1 Å². The average Bonchev–Trinajstić information content (AvgIpc) is 2.29. The van der Waals surface area contributed by atoms with Gasteiger partial charge in [0, 0.05) is 12.5 Å². The van der Waals surface area contributed by atoms with Crippen LogP contribution in [-0.2, 0) is 0 Å². The van der Waals surface area contributed by atoms with Gasteiger partial charge in [-0.05, 0) is 40.2 Å². The number of piperidine rings is 1. The zero-order chi connectivity index (χ0) is 12.3. The van der Waals surface area contributed by atoms with Gasteiger partial charge in [-0.2, -0.15) is 0 Å². The summed E-state index contributed by atoms with van der Waals surface area (Å²) >= 11 is 0. The number of hydrogen-bond donors (Lipinski definition) is 1. The van der Waals surface area contributed by atoms with Gasteiger partial charge in [0.25, 0.3) is 0 Å². The smallest absolute Gasteiger partial charge is 0.156 e. The third-order valence-electron chi connectivity index (χ3n) is 2.73. The Morgan fingerprint density at radius 2 is 2.00 bits per heavy atom. The van der Waals surface area contributed by atoms with E-state index < -0.39 is 0 Å². The van der Waals surface area contributed by atoms with Gasteiger partial charge in [0.1, 0.15) is 11.4 Å². The molecule has 0 aromatic carbocycles. The van der Waals surface area contributed by atoms with Crippen molar-refractivity contribution >= 4 is 0 Å². The van der Waals surface area contributed by atoms with Crippen molar-refractivity contribution in [2.75, 3.05) is 13.1 Å². The highest BCUT2D eigenvalue weighted by Crippen LogP contribution is 2.21. The summed E-state index contributed by atoms with van der Waals surface area (Å²) in [4.78, 5) is 8.82. The maximum Gasteiger partial charge on any atom is 0.156 e. The second kappa shape index (κ2) is 5.00. The molecule has 1 aromatic heterocycles. The first kappa shape index (κ1) is 12.3. The first-order valence-electron chi connectivity index (χ1n) is 6.26. The lowest BCUT2D eigenvalue weighted by Crippen LogP contribution is -2.29. The summed E-state index contributed by atoms with van der Waals surface area (Å²) in [6.07, 6.45) is 5.94. The molecule has 4 nitrogen and oxygen atoms in total. The summed E-state index contributed by atoms with van der Waals surface area (Å²) in [6.45, 7) is 8.16. The zero-order valence-electron chi connectivity index (χ0n) is 10.9. The monoisotopic (exact) mass is 235 g/mol. The van der Waals surface area contributed by atoms with E-state index in [1.54, 1.807) is 12.4 Å². The molecular formula is C13H21N3O. The van der Waals surface area contributed by atoms with E-state index in [4.69, 9.17) is 4.74 Å². The fraction of sp³-hybridized carbons (Fsp3) is 0.692. The molecule has 0 aliphatic carbocycles. The van der Waals surface area contributed by atoms with E-state index in [0.29, 0.717) is 5.92 Å². The van der Waals surface area contributed by atoms with E-state index in [9.17, 15) is 0 Å². The second-order valence-electron chi connectivity index (χ2n) is 5.53. The lowest BCUT2D eigenvalue weighted by molar-refractivity contribution is 0.129. The molecule has 1 N–H and O–H groups in total. The van der Waals surface area contributed by atoms with Crippen molar-refractivity contribution in [3.05, 3.63) is 18.2 Å². The summed E-state index contributed by atoms with van der Waals surface area (Å²) in [6, 6.07) is 0. The van der Waals surface area contributed by atoms with Crippen molar-refractivity contribution in [3.63, 3.8) is 0 Å². The normalized spacial score (nSPS) is 21.2. The van der Waals surface area contributed by atoms with E-state index >= 15 is 0 Å². The predicted octanol–water partition coefficient (Wildman–Crippen LogP) is 2.12. The van der Waals surface area contributed by atoms with Gasteiger partial charge in [-0.1, -0.05) is 0 Å². The number of nitrogens with zero attached hydrogens (tertiary/aromatic N) is 2. The molecule has 17 heavy (non-hydrogen) atoms. The number of aromatic nitrogens is 2. The molecule has 94 valence electrons. The van der Waals surface area contributed by atoms with Crippen LogP contribution in [0.15, 0.2) is 12.4 Å². The number of rotatable bonds is 2. The third-order valence-corrected chi connectivity index (χ3v) is 2.73. The Kier molecular flexibility index (Phi) is 3.62. The minimum atomic E-state index is -0.197. The van der Waals surface area contributed by atoms with Crippen LogP contribution in [0.1, 0.15) is 45.4 Å². The molecule has 1 aromatic rings. The number of ether oxygens (including phenoxy) is 1. The van der Waals surface area contributed by atoms with Gasteiger partial charge < -0.3 is 10.1 Å². The summed E-state index contributed by atoms with van der Waals surface area (Å²) in [7, 11) is 0. The molecule has 2 rings (SSSR count). The number of nitrogens with one attached hydrogen (secondary N) is 1. The fourth-order valence-corrected chi connectivity index (χ4v) is 2.02. The topological polar surface area (TPSA) is 47.0 Å². The van der Waals surface area contributed by atoms with Gasteiger partial charge >= 0.3 is 0 Å². The standard InChI is InChI=1S/C13H21N3O/c1-13(2,3)17-11-8-15-12(16-9-11)10-5-4-6-14-7-10/h8-10,14H,4-7H2,1-3H3. The highest BCUT2D eigenvalue weighted by molar-refractivity contribution is 5.15. The average molecular weight is 235 g/mol. The van der Waals surface area contributed by atoms with Crippen LogP contribution in [0.5, 0.6) is 5.75 Å². The van der Waals surface area contributed by atoms with Crippen LogP contribution in [0.25, 0.3) is 0 Å². The molecule has 0 spiro atoms. The fourth-order valence-electron chi connectivity index (χ4n) is 2.02. The van der Waals surface area contributed by atoms with Crippen molar-refractivity contribution < 1.29 is 4.74 Å². The van der Waals surface area contributed by atoms with Gasteiger partial charge in [0.15, 0.2) is 5.75 Å². The first-order valence-corrected chi connectivity index (χ1v) is 6.26. The summed E-state index contributed by atoms with van der Waals surface area (Å²) in [5, 5.41) is 3.37. The number of hydrogen-bond acceptors (Lipinski definition) is 4. The molecule has 2 heterocycles. The molecule has 0 saturated carbocycles. The Labute approximate surface area is 103 Å². The van der Waals surface area contributed by atoms with Crippen LogP contribution in [0.4, 0.5) is 0 Å². The van der Waals surface area contributed by atoms with Crippen LogP contribution in [0.3, 0.4) is 0 Å². The van der Waals surface area contributed by atoms with E-state index in [1.165, 1.54) is 12.8 Å². The molecule has 1 atom stereocenters. The minimum Gasteiger partial charge on any atom is -0.485 e. The maximum atomic E-state index is 5.70. The Balaban J connectivity index is 2.02. The highest BCUT2D eigenvalue weighted by atomic mass is 16.5. The Bertz CT molecular complexity index is 350. The summed E-state index contributed by atoms with van der Waals surface area (Å²) < 4.78 is 5.70. The van der Waals surface area contributed by atoms with Crippen molar-refractivity contribution in [2.24, 2.45) is 0 Å². The highest BCUT2D eigenvalue weighted by Gasteiger charge is 2.18. The van der Waals surface area contributed by atoms with Gasteiger partial charge in [0.05, 0.1) is 12.4 Å². The molecule has 0 bridgehead atoms. The maximum absolute atomic E-state index is 5.70. The predicted molar refractivity (Wildman–Crippen MR) is 67.3 cm³/mol. The molecule has 0 amide bonds. The van der Waals surface area contributed by atoms with E-state index in [2.05, 4.69) is 15.3 Å². The largest absolute Gasteiger partial charge is 0.485 e. The molecule has 1 fully saturated rings. The molecule has 1 unspecified atom stereocenters. The lowest BCUT2D eigenvalue weighted by Gasteiger charge is -2.23. The summed E-state index contributed by atoms with van der Waals surface area (Å²) in [5.41, 5.74) is -0.197. The van der Waals surface area contributed by atoms with Crippen molar-refractivity contribution in [3.8, 4) is 5.75 Å². The molecule has 0 radical (unpaired) electrons. The van der Waals surface area contributed by atoms with Crippen LogP contribution in [0, 0.1) is 0 Å².